The van der Waals surface area contributed by atoms with Crippen molar-refractivity contribution < 1.29 is 0 Å². The maximum atomic E-state index is 4.31. The van der Waals surface area contributed by atoms with Gasteiger partial charge in [0.15, 0.2) is 0 Å². The van der Waals surface area contributed by atoms with Gasteiger partial charge in [0.2, 0.25) is 0 Å². The van der Waals surface area contributed by atoms with Crippen molar-refractivity contribution in [3.05, 3.63) is 18.2 Å². The Morgan fingerprint density at radius 2 is 2.43 bits per heavy atom. The van der Waals surface area contributed by atoms with Gasteiger partial charge < -0.3 is 9.88 Å². The van der Waals surface area contributed by atoms with Crippen LogP contribution >= 0.6 is 0 Å². The van der Waals surface area contributed by atoms with Gasteiger partial charge in [0.25, 0.3) is 0 Å². The molecule has 0 aromatic carbocycles. The smallest absolute Gasteiger partial charge is 0.122 e. The predicted octanol–water partition coefficient (Wildman–Crippen LogP) is 0.0713. The van der Waals surface area contributed by atoms with E-state index in [2.05, 4.69) is 26.8 Å². The van der Waals surface area contributed by atoms with E-state index in [4.69, 9.17) is 0 Å². The van der Waals surface area contributed by atoms with Crippen LogP contribution in [0.3, 0.4) is 0 Å². The molecule has 0 amide bonds. The molecule has 0 unspecified atom stereocenters. The maximum Gasteiger partial charge on any atom is 0.122 e. The van der Waals surface area contributed by atoms with Crippen molar-refractivity contribution in [3.8, 4) is 0 Å². The fourth-order valence-electron chi connectivity index (χ4n) is 1.77. The van der Waals surface area contributed by atoms with Crippen LogP contribution < -0.4 is 5.32 Å². The molecule has 0 aliphatic carbocycles. The third-order valence-electron chi connectivity index (χ3n) is 2.77. The van der Waals surface area contributed by atoms with Crippen LogP contribution in [0.2, 0.25) is 0 Å². The van der Waals surface area contributed by atoms with E-state index in [1.807, 2.05) is 19.4 Å². The van der Waals surface area contributed by atoms with Gasteiger partial charge in [-0.1, -0.05) is 0 Å². The monoisotopic (exact) mass is 194 g/mol. The Balaban J connectivity index is 1.81. The first-order valence-corrected chi connectivity index (χ1v) is 5.11. The second kappa shape index (κ2) is 4.11. The molecule has 2 heterocycles. The Bertz CT molecular complexity index is 290. The zero-order valence-electron chi connectivity index (χ0n) is 8.90. The summed E-state index contributed by atoms with van der Waals surface area (Å²) >= 11 is 0. The van der Waals surface area contributed by atoms with Crippen molar-refractivity contribution in [3.63, 3.8) is 0 Å². The van der Waals surface area contributed by atoms with Crippen LogP contribution in [0.1, 0.15) is 5.82 Å². The van der Waals surface area contributed by atoms with E-state index >= 15 is 0 Å². The molecule has 1 aliphatic heterocycles. The summed E-state index contributed by atoms with van der Waals surface area (Å²) in [6.45, 7) is 4.45. The van der Waals surface area contributed by atoms with Gasteiger partial charge >= 0.3 is 0 Å². The number of aromatic nitrogens is 2. The van der Waals surface area contributed by atoms with Crippen LogP contribution in [0.15, 0.2) is 12.4 Å². The van der Waals surface area contributed by atoms with E-state index in [9.17, 15) is 0 Å². The van der Waals surface area contributed by atoms with E-state index in [1.165, 1.54) is 19.6 Å². The van der Waals surface area contributed by atoms with Gasteiger partial charge in [0.1, 0.15) is 5.82 Å². The largest absolute Gasteiger partial charge is 0.337 e. The minimum atomic E-state index is 0.834. The lowest BCUT2D eigenvalue weighted by molar-refractivity contribution is 0.214. The highest BCUT2D eigenvalue weighted by molar-refractivity contribution is 4.91. The highest BCUT2D eigenvalue weighted by Crippen LogP contribution is 2.07. The molecule has 0 spiro atoms. The molecule has 1 aliphatic rings. The Morgan fingerprint density at radius 1 is 1.64 bits per heavy atom. The summed E-state index contributed by atoms with van der Waals surface area (Å²) in [5, 5.41) is 3.29. The van der Waals surface area contributed by atoms with Gasteiger partial charge in [0, 0.05) is 39.1 Å². The Hall–Kier alpha value is -0.870. The van der Waals surface area contributed by atoms with E-state index in [-0.39, 0.29) is 0 Å². The lowest BCUT2D eigenvalue weighted by atomic mass is 10.0. The van der Waals surface area contributed by atoms with Crippen LogP contribution in [-0.2, 0) is 13.6 Å². The molecule has 1 aromatic heterocycles. The molecule has 4 heteroatoms. The third-order valence-corrected chi connectivity index (χ3v) is 2.77. The summed E-state index contributed by atoms with van der Waals surface area (Å²) < 4.78 is 2.08. The van der Waals surface area contributed by atoms with Gasteiger partial charge in [-0.3, -0.25) is 4.90 Å². The maximum absolute atomic E-state index is 4.31. The first-order valence-electron chi connectivity index (χ1n) is 5.11. The quantitative estimate of drug-likeness (QED) is 0.736. The normalized spacial score (nSPS) is 17.4. The summed E-state index contributed by atoms with van der Waals surface area (Å²) in [6, 6.07) is 0. The van der Waals surface area contributed by atoms with E-state index < -0.39 is 0 Å². The molecular formula is C10H18N4. The van der Waals surface area contributed by atoms with Crippen molar-refractivity contribution in [2.45, 2.75) is 6.54 Å². The highest BCUT2D eigenvalue weighted by Gasteiger charge is 2.18. The molecule has 0 atom stereocenters. The fraction of sp³-hybridized carbons (Fsp3) is 0.700. The van der Waals surface area contributed by atoms with Crippen molar-refractivity contribution in [1.82, 2.24) is 19.8 Å². The van der Waals surface area contributed by atoms with Crippen LogP contribution in [0.4, 0.5) is 0 Å². The minimum Gasteiger partial charge on any atom is -0.337 e. The summed E-state index contributed by atoms with van der Waals surface area (Å²) in [5.41, 5.74) is 0. The first-order chi connectivity index (χ1) is 6.75. The third kappa shape index (κ3) is 2.13. The summed E-state index contributed by atoms with van der Waals surface area (Å²) in [5.74, 6) is 1.97. The molecule has 1 fully saturated rings. The van der Waals surface area contributed by atoms with E-state index in [0.717, 1.165) is 18.3 Å². The molecule has 0 bridgehead atoms. The number of aryl methyl sites for hydroxylation is 1. The standard InChI is InChI=1S/C10H18N4/c1-13(7-9-5-11-6-9)8-10-12-3-4-14(10)2/h3-4,9,11H,5-8H2,1-2H3. The molecule has 4 nitrogen and oxygen atoms in total. The molecule has 14 heavy (non-hydrogen) atoms. The van der Waals surface area contributed by atoms with Crippen LogP contribution in [-0.4, -0.2) is 41.1 Å². The van der Waals surface area contributed by atoms with Gasteiger partial charge in [-0.05, 0) is 13.0 Å². The van der Waals surface area contributed by atoms with Crippen LogP contribution in [0, 0.1) is 5.92 Å². The van der Waals surface area contributed by atoms with Gasteiger partial charge in [0.05, 0.1) is 6.54 Å². The SMILES string of the molecule is CN(Cc1nccn1C)CC1CNC1. The number of hydrogen-bond acceptors (Lipinski definition) is 3. The molecule has 1 saturated heterocycles. The number of imidazole rings is 1. The van der Waals surface area contributed by atoms with Crippen LogP contribution in [0.5, 0.6) is 0 Å². The molecule has 0 saturated carbocycles. The molecular weight excluding hydrogens is 176 g/mol. The van der Waals surface area contributed by atoms with Crippen LogP contribution in [0.25, 0.3) is 0 Å². The summed E-state index contributed by atoms with van der Waals surface area (Å²) in [7, 11) is 4.20. The molecule has 78 valence electrons. The molecule has 1 N–H and O–H groups in total. The number of hydrogen-bond donors (Lipinski definition) is 1. The van der Waals surface area contributed by atoms with Crippen molar-refractivity contribution in [2.75, 3.05) is 26.7 Å². The van der Waals surface area contributed by atoms with Crippen molar-refractivity contribution in [2.24, 2.45) is 13.0 Å². The number of nitrogens with zero attached hydrogens (tertiary/aromatic N) is 3. The first kappa shape index (κ1) is 9.68. The highest BCUT2D eigenvalue weighted by atomic mass is 15.2. The topological polar surface area (TPSA) is 33.1 Å². The van der Waals surface area contributed by atoms with E-state index in [1.54, 1.807) is 0 Å². The van der Waals surface area contributed by atoms with Gasteiger partial charge in [-0.25, -0.2) is 4.98 Å². The Kier molecular flexibility index (Phi) is 2.84. The fourth-order valence-corrected chi connectivity index (χ4v) is 1.77. The van der Waals surface area contributed by atoms with Gasteiger partial charge in [-0.15, -0.1) is 0 Å². The average Bonchev–Trinajstić information content (AvgIpc) is 2.45. The second-order valence-corrected chi connectivity index (χ2v) is 4.18. The van der Waals surface area contributed by atoms with E-state index in [0.29, 0.717) is 0 Å². The molecule has 1 aromatic rings. The van der Waals surface area contributed by atoms with Crippen molar-refractivity contribution in [1.29, 1.82) is 0 Å². The minimum absolute atomic E-state index is 0.834. The summed E-state index contributed by atoms with van der Waals surface area (Å²) in [6.07, 6.45) is 3.85. The van der Waals surface area contributed by atoms with Crippen molar-refractivity contribution >= 4 is 0 Å². The number of rotatable bonds is 4. The summed E-state index contributed by atoms with van der Waals surface area (Å²) in [4.78, 5) is 6.65. The predicted molar refractivity (Wildman–Crippen MR) is 55.9 cm³/mol. The molecule has 0 radical (unpaired) electrons. The number of nitrogens with one attached hydrogen (secondary N) is 1. The average molecular weight is 194 g/mol. The Labute approximate surface area is 84.9 Å². The zero-order chi connectivity index (χ0) is 9.97. The zero-order valence-corrected chi connectivity index (χ0v) is 8.90. The molecule has 2 rings (SSSR count). The Morgan fingerprint density at radius 3 is 2.93 bits per heavy atom. The van der Waals surface area contributed by atoms with Gasteiger partial charge in [-0.2, -0.15) is 0 Å². The second-order valence-electron chi connectivity index (χ2n) is 4.18. The lowest BCUT2D eigenvalue weighted by Crippen LogP contribution is -2.47. The lowest BCUT2D eigenvalue weighted by Gasteiger charge is -2.31.